The van der Waals surface area contributed by atoms with Gasteiger partial charge in [0.1, 0.15) is 13.2 Å². The fraction of sp³-hybridized carbons (Fsp3) is 0.644. The Morgan fingerprint density at radius 1 is 0.323 bits per heavy atom. The maximum Gasteiger partial charge on any atom is 0.306 e. The van der Waals surface area contributed by atoms with Crippen molar-refractivity contribution >= 4 is 17.9 Å². The van der Waals surface area contributed by atoms with Gasteiger partial charge in [-0.25, -0.2) is 0 Å². The van der Waals surface area contributed by atoms with Crippen LogP contribution in [0.5, 0.6) is 0 Å². The van der Waals surface area contributed by atoms with E-state index in [0.717, 1.165) is 135 Å². The minimum Gasteiger partial charge on any atom is -0.462 e. The van der Waals surface area contributed by atoms with E-state index in [-0.39, 0.29) is 37.5 Å². The maximum atomic E-state index is 12.8. The van der Waals surface area contributed by atoms with Gasteiger partial charge >= 0.3 is 17.9 Å². The fourth-order valence-corrected chi connectivity index (χ4v) is 6.87. The number of carbonyl (C=O) groups is 3. The third-order valence-electron chi connectivity index (χ3n) is 10.8. The topological polar surface area (TPSA) is 78.9 Å². The molecule has 6 nitrogen and oxygen atoms in total. The molecule has 368 valence electrons. The molecule has 0 aromatic carbocycles. The first-order chi connectivity index (χ1) is 32.0. The van der Waals surface area contributed by atoms with Crippen LogP contribution in [-0.2, 0) is 28.6 Å². The molecule has 0 saturated heterocycles. The molecule has 0 fully saturated rings. The maximum absolute atomic E-state index is 12.8. The normalized spacial score (nSPS) is 13.0. The van der Waals surface area contributed by atoms with Crippen molar-refractivity contribution in [3.63, 3.8) is 0 Å². The first-order valence-electron chi connectivity index (χ1n) is 26.4. The summed E-state index contributed by atoms with van der Waals surface area (Å²) in [7, 11) is 0. The molecule has 0 bridgehead atoms. The Morgan fingerprint density at radius 3 is 0.954 bits per heavy atom. The lowest BCUT2D eigenvalue weighted by Gasteiger charge is -2.18. The van der Waals surface area contributed by atoms with Crippen molar-refractivity contribution < 1.29 is 28.6 Å². The molecule has 0 amide bonds. The lowest BCUT2D eigenvalue weighted by atomic mass is 10.1. The van der Waals surface area contributed by atoms with Crippen molar-refractivity contribution in [1.82, 2.24) is 0 Å². The molecule has 0 heterocycles. The van der Waals surface area contributed by atoms with E-state index in [1.807, 2.05) is 0 Å². The van der Waals surface area contributed by atoms with Gasteiger partial charge in [-0.1, -0.05) is 214 Å². The van der Waals surface area contributed by atoms with Gasteiger partial charge in [-0.15, -0.1) is 0 Å². The monoisotopic (exact) mass is 901 g/mol. The van der Waals surface area contributed by atoms with Crippen LogP contribution >= 0.6 is 0 Å². The number of carbonyl (C=O) groups excluding carboxylic acids is 3. The van der Waals surface area contributed by atoms with Crippen molar-refractivity contribution in [1.29, 1.82) is 0 Å². The number of allylic oxidation sites excluding steroid dienone is 18. The van der Waals surface area contributed by atoms with Crippen LogP contribution in [0.25, 0.3) is 0 Å². The minimum atomic E-state index is -0.798. The summed E-state index contributed by atoms with van der Waals surface area (Å²) in [5, 5.41) is 0. The molecule has 65 heavy (non-hydrogen) atoms. The lowest BCUT2D eigenvalue weighted by molar-refractivity contribution is -0.167. The highest BCUT2D eigenvalue weighted by molar-refractivity contribution is 5.71. The smallest absolute Gasteiger partial charge is 0.306 e. The van der Waals surface area contributed by atoms with Crippen molar-refractivity contribution in [3.8, 4) is 0 Å². The van der Waals surface area contributed by atoms with Gasteiger partial charge in [0.25, 0.3) is 0 Å². The Bertz CT molecular complexity index is 1360. The molecule has 0 aromatic heterocycles. The Hall–Kier alpha value is -3.93. The van der Waals surface area contributed by atoms with Gasteiger partial charge in [0.05, 0.1) is 0 Å². The van der Waals surface area contributed by atoms with E-state index in [0.29, 0.717) is 12.8 Å². The van der Waals surface area contributed by atoms with Gasteiger partial charge in [-0.05, 0) is 103 Å². The van der Waals surface area contributed by atoms with Crippen LogP contribution in [0, 0.1) is 0 Å². The zero-order valence-corrected chi connectivity index (χ0v) is 42.0. The molecule has 0 aliphatic rings. The van der Waals surface area contributed by atoms with Crippen LogP contribution in [0.1, 0.15) is 226 Å². The SMILES string of the molecule is CC/C=C\C/C=C\C/C=C\C/C=C\C/C=C\C/C=C\CCCCCCCCC(=O)OCC(COC(=O)CCCCCCCCCCC)OC(=O)CCCCC/C=C\C/C=C\C/C=C\CC. The predicted octanol–water partition coefficient (Wildman–Crippen LogP) is 17.5. The Morgan fingerprint density at radius 2 is 0.600 bits per heavy atom. The molecule has 1 atom stereocenters. The molecular formula is C59H96O6. The molecule has 0 aliphatic carbocycles. The number of ether oxygens (including phenoxy) is 3. The van der Waals surface area contributed by atoms with Gasteiger partial charge in [-0.3, -0.25) is 14.4 Å². The number of hydrogen-bond acceptors (Lipinski definition) is 6. The Labute approximate surface area is 400 Å². The summed E-state index contributed by atoms with van der Waals surface area (Å²) in [6.45, 7) is 6.34. The summed E-state index contributed by atoms with van der Waals surface area (Å²) in [5.41, 5.74) is 0. The van der Waals surface area contributed by atoms with Crippen LogP contribution in [0.3, 0.4) is 0 Å². The van der Waals surface area contributed by atoms with E-state index >= 15 is 0 Å². The summed E-state index contributed by atoms with van der Waals surface area (Å²) < 4.78 is 16.7. The van der Waals surface area contributed by atoms with E-state index in [1.54, 1.807) is 0 Å². The van der Waals surface area contributed by atoms with E-state index in [4.69, 9.17) is 14.2 Å². The largest absolute Gasteiger partial charge is 0.462 e. The summed E-state index contributed by atoms with van der Waals surface area (Å²) in [5.74, 6) is -0.948. The second-order valence-electron chi connectivity index (χ2n) is 17.0. The first-order valence-corrected chi connectivity index (χ1v) is 26.4. The third-order valence-corrected chi connectivity index (χ3v) is 10.8. The molecule has 0 radical (unpaired) electrons. The molecular weight excluding hydrogens is 805 g/mol. The zero-order chi connectivity index (χ0) is 47.2. The fourth-order valence-electron chi connectivity index (χ4n) is 6.87. The average Bonchev–Trinajstić information content (AvgIpc) is 3.30. The first kappa shape index (κ1) is 61.1. The Balaban J connectivity index is 4.32. The second kappa shape index (κ2) is 52.7. The van der Waals surface area contributed by atoms with Gasteiger partial charge in [-0.2, -0.15) is 0 Å². The van der Waals surface area contributed by atoms with Crippen molar-refractivity contribution in [2.24, 2.45) is 0 Å². The average molecular weight is 901 g/mol. The number of hydrogen-bond donors (Lipinski definition) is 0. The quantitative estimate of drug-likeness (QED) is 0.0262. The predicted molar refractivity (Wildman–Crippen MR) is 279 cm³/mol. The highest BCUT2D eigenvalue weighted by atomic mass is 16.6. The van der Waals surface area contributed by atoms with Crippen LogP contribution in [0.4, 0.5) is 0 Å². The van der Waals surface area contributed by atoms with Gasteiger partial charge in [0.2, 0.25) is 0 Å². The number of esters is 3. The summed E-state index contributed by atoms with van der Waals surface area (Å²) in [4.78, 5) is 37.9. The molecule has 0 spiro atoms. The van der Waals surface area contributed by atoms with Crippen LogP contribution in [0.15, 0.2) is 109 Å². The van der Waals surface area contributed by atoms with Crippen LogP contribution in [0.2, 0.25) is 0 Å². The van der Waals surface area contributed by atoms with E-state index in [1.165, 1.54) is 51.4 Å². The van der Waals surface area contributed by atoms with E-state index < -0.39 is 6.10 Å². The van der Waals surface area contributed by atoms with E-state index in [2.05, 4.69) is 130 Å². The summed E-state index contributed by atoms with van der Waals surface area (Å²) in [6, 6.07) is 0. The molecule has 0 N–H and O–H groups in total. The molecule has 0 aromatic rings. The Kier molecular flexibility index (Phi) is 49.5. The minimum absolute atomic E-state index is 0.0953. The molecule has 0 rings (SSSR count). The third kappa shape index (κ3) is 50.9. The second-order valence-corrected chi connectivity index (χ2v) is 17.0. The highest BCUT2D eigenvalue weighted by Crippen LogP contribution is 2.13. The van der Waals surface area contributed by atoms with Gasteiger partial charge < -0.3 is 14.2 Å². The lowest BCUT2D eigenvalue weighted by Crippen LogP contribution is -2.30. The van der Waals surface area contributed by atoms with Crippen molar-refractivity contribution in [3.05, 3.63) is 109 Å². The summed E-state index contributed by atoms with van der Waals surface area (Å²) >= 11 is 0. The van der Waals surface area contributed by atoms with Crippen LogP contribution in [-0.4, -0.2) is 37.2 Å². The van der Waals surface area contributed by atoms with Gasteiger partial charge in [0.15, 0.2) is 6.10 Å². The summed E-state index contributed by atoms with van der Waals surface area (Å²) in [6.07, 6.45) is 70.8. The molecule has 0 saturated carbocycles. The zero-order valence-electron chi connectivity index (χ0n) is 42.0. The van der Waals surface area contributed by atoms with Crippen molar-refractivity contribution in [2.75, 3.05) is 13.2 Å². The van der Waals surface area contributed by atoms with Crippen LogP contribution < -0.4 is 0 Å². The highest BCUT2D eigenvalue weighted by Gasteiger charge is 2.19. The number of unbranched alkanes of at least 4 members (excludes halogenated alkanes) is 17. The molecule has 1 unspecified atom stereocenters. The molecule has 6 heteroatoms. The van der Waals surface area contributed by atoms with Crippen molar-refractivity contribution in [2.45, 2.75) is 232 Å². The molecule has 0 aliphatic heterocycles. The van der Waals surface area contributed by atoms with Gasteiger partial charge in [0, 0.05) is 19.3 Å². The van der Waals surface area contributed by atoms with E-state index in [9.17, 15) is 14.4 Å². The number of rotatable bonds is 46. The standard InChI is InChI=1S/C59H96O6/c1-4-7-10-13-16-19-21-23-24-25-26-27-28-29-30-31-32-33-34-36-37-40-43-46-49-52-58(61)64-55-56(54-63-57(60)51-48-45-42-39-18-15-12-9-6-3)65-59(62)53-50-47-44-41-38-35-22-20-17-14-11-8-5-2/h7-8,10-11,16-17,19-20,23-24,26-27,29-30,32-33,35,38,56H,4-6,9,12-15,18,21-22,25,28,31,34,36-37,39-55H2,1-3H3/b10-7-,11-8-,19-16-,20-17-,24-23-,27-26-,30-29-,33-32-,38-35-.